The largest absolute Gasteiger partial charge is 0.309 e. The lowest BCUT2D eigenvalue weighted by molar-refractivity contribution is -0.115. The number of aromatic nitrogens is 1. The molecule has 0 atom stereocenters. The van der Waals surface area contributed by atoms with Crippen LogP contribution in [0.3, 0.4) is 0 Å². The van der Waals surface area contributed by atoms with Gasteiger partial charge in [0.15, 0.2) is 5.82 Å². The molecule has 1 aromatic carbocycles. The molecule has 0 spiro atoms. The Morgan fingerprint density at radius 1 is 1.44 bits per heavy atom. The Kier molecular flexibility index (Phi) is 3.48. The van der Waals surface area contributed by atoms with Gasteiger partial charge in [0.05, 0.1) is 11.2 Å². The van der Waals surface area contributed by atoms with E-state index in [0.29, 0.717) is 12.4 Å². The first-order valence-corrected chi connectivity index (χ1v) is 5.93. The number of carbonyl (C=O) groups is 1. The lowest BCUT2D eigenvalue weighted by Gasteiger charge is -2.02. The monoisotopic (exact) mass is 235 g/mol. The fourth-order valence-electron chi connectivity index (χ4n) is 1.39. The molecule has 2 rings (SSSR count). The van der Waals surface area contributed by atoms with Crippen molar-refractivity contribution in [2.75, 3.05) is 18.4 Å². The normalized spacial score (nSPS) is 10.6. The molecule has 84 valence electrons. The first kappa shape index (κ1) is 11.0. The summed E-state index contributed by atoms with van der Waals surface area (Å²) in [7, 11) is 0. The topological polar surface area (TPSA) is 54.0 Å². The molecular formula is C11H13N3OS. The van der Waals surface area contributed by atoms with E-state index < -0.39 is 0 Å². The molecule has 1 amide bonds. The van der Waals surface area contributed by atoms with Crippen molar-refractivity contribution in [3.63, 3.8) is 0 Å². The fraction of sp³-hybridized carbons (Fsp3) is 0.273. The molecule has 0 fully saturated rings. The molecule has 4 nitrogen and oxygen atoms in total. The van der Waals surface area contributed by atoms with Crippen molar-refractivity contribution in [1.29, 1.82) is 0 Å². The minimum Gasteiger partial charge on any atom is -0.309 e. The quantitative estimate of drug-likeness (QED) is 0.850. The van der Waals surface area contributed by atoms with Gasteiger partial charge in [-0.3, -0.25) is 4.79 Å². The Morgan fingerprint density at radius 3 is 3.06 bits per heavy atom. The standard InChI is InChI=1S/C11H13N3OS/c1-2-12-7-10(15)13-11-8-5-3-4-6-9(8)16-14-11/h3-6,12H,2,7H2,1H3,(H,13,14,15). The highest BCUT2D eigenvalue weighted by Gasteiger charge is 2.08. The summed E-state index contributed by atoms with van der Waals surface area (Å²) in [5.74, 6) is 0.599. The van der Waals surface area contributed by atoms with Gasteiger partial charge in [-0.1, -0.05) is 19.1 Å². The molecule has 1 heterocycles. The van der Waals surface area contributed by atoms with Crippen LogP contribution in [0.2, 0.25) is 0 Å². The maximum absolute atomic E-state index is 11.5. The van der Waals surface area contributed by atoms with E-state index in [1.807, 2.05) is 31.2 Å². The second-order valence-corrected chi connectivity index (χ2v) is 4.16. The number of anilines is 1. The van der Waals surface area contributed by atoms with Crippen LogP contribution >= 0.6 is 11.5 Å². The van der Waals surface area contributed by atoms with Gasteiger partial charge >= 0.3 is 0 Å². The molecule has 16 heavy (non-hydrogen) atoms. The van der Waals surface area contributed by atoms with Gasteiger partial charge in [-0.2, -0.15) is 4.37 Å². The SMILES string of the molecule is CCNCC(=O)Nc1nsc2ccccc12. The summed E-state index contributed by atoms with van der Waals surface area (Å²) >= 11 is 1.39. The third-order valence-electron chi connectivity index (χ3n) is 2.17. The number of hydrogen-bond acceptors (Lipinski definition) is 4. The van der Waals surface area contributed by atoms with Gasteiger partial charge in [0, 0.05) is 5.39 Å². The number of benzene rings is 1. The van der Waals surface area contributed by atoms with Crippen molar-refractivity contribution in [3.8, 4) is 0 Å². The molecule has 0 unspecified atom stereocenters. The summed E-state index contributed by atoms with van der Waals surface area (Å²) in [6.45, 7) is 3.07. The van der Waals surface area contributed by atoms with Crippen LogP contribution in [0.15, 0.2) is 24.3 Å². The lowest BCUT2D eigenvalue weighted by atomic mass is 10.2. The van der Waals surface area contributed by atoms with Gasteiger partial charge in [0.1, 0.15) is 0 Å². The number of nitrogens with zero attached hydrogens (tertiary/aromatic N) is 1. The van der Waals surface area contributed by atoms with E-state index in [0.717, 1.165) is 16.6 Å². The molecule has 0 aliphatic carbocycles. The van der Waals surface area contributed by atoms with Gasteiger partial charge in [-0.05, 0) is 30.2 Å². The Morgan fingerprint density at radius 2 is 2.25 bits per heavy atom. The van der Waals surface area contributed by atoms with E-state index in [4.69, 9.17) is 0 Å². The van der Waals surface area contributed by atoms with Gasteiger partial charge in [-0.25, -0.2) is 0 Å². The summed E-state index contributed by atoms with van der Waals surface area (Å²) in [4.78, 5) is 11.5. The molecule has 0 bridgehead atoms. The van der Waals surface area contributed by atoms with Crippen molar-refractivity contribution in [2.24, 2.45) is 0 Å². The Labute approximate surface area is 97.8 Å². The number of rotatable bonds is 4. The highest BCUT2D eigenvalue weighted by Crippen LogP contribution is 2.25. The molecule has 1 aromatic heterocycles. The molecule has 0 aliphatic heterocycles. The molecule has 0 saturated heterocycles. The van der Waals surface area contributed by atoms with Crippen molar-refractivity contribution in [3.05, 3.63) is 24.3 Å². The van der Waals surface area contributed by atoms with Crippen LogP contribution < -0.4 is 10.6 Å². The van der Waals surface area contributed by atoms with E-state index in [2.05, 4.69) is 15.0 Å². The summed E-state index contributed by atoms with van der Waals surface area (Å²) in [6.07, 6.45) is 0. The van der Waals surface area contributed by atoms with Crippen LogP contribution in [0.4, 0.5) is 5.82 Å². The van der Waals surface area contributed by atoms with E-state index in [-0.39, 0.29) is 5.91 Å². The minimum absolute atomic E-state index is 0.0575. The smallest absolute Gasteiger partial charge is 0.239 e. The number of nitrogens with one attached hydrogen (secondary N) is 2. The number of likely N-dealkylation sites (N-methyl/N-ethyl adjacent to an activating group) is 1. The lowest BCUT2D eigenvalue weighted by Crippen LogP contribution is -2.27. The zero-order valence-corrected chi connectivity index (χ0v) is 9.80. The Bertz CT molecular complexity index is 495. The second-order valence-electron chi connectivity index (χ2n) is 3.36. The summed E-state index contributed by atoms with van der Waals surface area (Å²) in [5, 5.41) is 6.77. The average molecular weight is 235 g/mol. The molecule has 0 saturated carbocycles. The van der Waals surface area contributed by atoms with Gasteiger partial charge in [0.2, 0.25) is 5.91 Å². The summed E-state index contributed by atoms with van der Waals surface area (Å²) in [6, 6.07) is 7.86. The van der Waals surface area contributed by atoms with Gasteiger partial charge < -0.3 is 10.6 Å². The van der Waals surface area contributed by atoms with Crippen molar-refractivity contribution < 1.29 is 4.79 Å². The third-order valence-corrected chi connectivity index (χ3v) is 3.00. The Hall–Kier alpha value is -1.46. The van der Waals surface area contributed by atoms with Gasteiger partial charge in [0.25, 0.3) is 0 Å². The van der Waals surface area contributed by atoms with Crippen molar-refractivity contribution >= 4 is 33.3 Å². The molecular weight excluding hydrogens is 222 g/mol. The maximum atomic E-state index is 11.5. The minimum atomic E-state index is -0.0575. The Balaban J connectivity index is 2.12. The predicted octanol–water partition coefficient (Wildman–Crippen LogP) is 1.84. The zero-order valence-electron chi connectivity index (χ0n) is 8.99. The van der Waals surface area contributed by atoms with Crippen LogP contribution in [0, 0.1) is 0 Å². The van der Waals surface area contributed by atoms with E-state index in [9.17, 15) is 4.79 Å². The average Bonchev–Trinajstić information content (AvgIpc) is 2.70. The molecule has 5 heteroatoms. The van der Waals surface area contributed by atoms with Crippen LogP contribution in [0.5, 0.6) is 0 Å². The number of carbonyl (C=O) groups excluding carboxylic acids is 1. The van der Waals surface area contributed by atoms with Crippen molar-refractivity contribution in [2.45, 2.75) is 6.92 Å². The molecule has 2 N–H and O–H groups in total. The second kappa shape index (κ2) is 5.05. The van der Waals surface area contributed by atoms with E-state index >= 15 is 0 Å². The van der Waals surface area contributed by atoms with Crippen molar-refractivity contribution in [1.82, 2.24) is 9.69 Å². The summed E-state index contributed by atoms with van der Waals surface area (Å²) < 4.78 is 5.31. The summed E-state index contributed by atoms with van der Waals surface area (Å²) in [5.41, 5.74) is 0. The van der Waals surface area contributed by atoms with E-state index in [1.165, 1.54) is 11.5 Å². The van der Waals surface area contributed by atoms with Crippen LogP contribution in [-0.2, 0) is 4.79 Å². The first-order chi connectivity index (χ1) is 7.81. The number of hydrogen-bond donors (Lipinski definition) is 2. The van der Waals surface area contributed by atoms with Crippen LogP contribution in [0.25, 0.3) is 10.1 Å². The fourth-order valence-corrected chi connectivity index (χ4v) is 2.13. The highest BCUT2D eigenvalue weighted by atomic mass is 32.1. The maximum Gasteiger partial charge on any atom is 0.239 e. The zero-order chi connectivity index (χ0) is 11.4. The molecule has 2 aromatic rings. The van der Waals surface area contributed by atoms with Gasteiger partial charge in [-0.15, -0.1) is 0 Å². The third kappa shape index (κ3) is 2.37. The predicted molar refractivity (Wildman–Crippen MR) is 66.8 cm³/mol. The molecule has 0 aliphatic rings. The number of fused-ring (bicyclic) bond motifs is 1. The molecule has 0 radical (unpaired) electrons. The van der Waals surface area contributed by atoms with E-state index in [1.54, 1.807) is 0 Å². The number of amides is 1. The highest BCUT2D eigenvalue weighted by molar-refractivity contribution is 7.13. The van der Waals surface area contributed by atoms with Crippen LogP contribution in [-0.4, -0.2) is 23.4 Å². The first-order valence-electron chi connectivity index (χ1n) is 5.16. The van der Waals surface area contributed by atoms with Crippen LogP contribution in [0.1, 0.15) is 6.92 Å².